The van der Waals surface area contributed by atoms with Crippen molar-refractivity contribution in [3.05, 3.63) is 82.7 Å². The molecule has 0 spiro atoms. The van der Waals surface area contributed by atoms with E-state index in [1.165, 1.54) is 0 Å². The van der Waals surface area contributed by atoms with Gasteiger partial charge in [0, 0.05) is 42.1 Å². The highest BCUT2D eigenvalue weighted by atomic mass is 16.5. The number of dihydropyridines is 1. The zero-order valence-electron chi connectivity index (χ0n) is 22.7. The van der Waals surface area contributed by atoms with Crippen LogP contribution in [0, 0.1) is 11.3 Å². The lowest BCUT2D eigenvalue weighted by Gasteiger charge is -2.34. The molecule has 1 aliphatic rings. The first-order chi connectivity index (χ1) is 17.7. The number of aromatic nitrogens is 2. The summed E-state index contributed by atoms with van der Waals surface area (Å²) >= 11 is 0. The first-order valence-corrected chi connectivity index (χ1v) is 13.0. The molecule has 2 aromatic heterocycles. The summed E-state index contributed by atoms with van der Waals surface area (Å²) in [6, 6.07) is 7.81. The average molecular weight is 506 g/mol. The fraction of sp³-hybridized carbons (Fsp3) is 0.467. The lowest BCUT2D eigenvalue weighted by atomic mass is 9.75. The molecule has 0 fully saturated rings. The zero-order valence-corrected chi connectivity index (χ0v) is 22.7. The SMILES string of the molecule is CC1=C(C(=O)OCCCc2cccnc2)C(CC(C)(C)C)C(C(=O)OCCCc2cccnc2)=C(C)N1. The van der Waals surface area contributed by atoms with Gasteiger partial charge in [0.05, 0.1) is 24.4 Å². The van der Waals surface area contributed by atoms with E-state index in [0.29, 0.717) is 43.6 Å². The van der Waals surface area contributed by atoms with Gasteiger partial charge in [0.1, 0.15) is 0 Å². The Morgan fingerprint density at radius 3 is 1.68 bits per heavy atom. The molecule has 0 amide bonds. The van der Waals surface area contributed by atoms with Gasteiger partial charge < -0.3 is 14.8 Å². The standard InChI is InChI=1S/C30H39N3O4/c1-21-26(28(34)36-16-8-12-23-10-6-14-31-19-23)25(18-30(3,4)5)27(22(2)33-21)29(35)37-17-9-13-24-11-7-15-32-20-24/h6-7,10-11,14-15,19-20,25,33H,8-9,12-13,16-18H2,1-5H3. The lowest BCUT2D eigenvalue weighted by molar-refractivity contribution is -0.141. The summed E-state index contributed by atoms with van der Waals surface area (Å²) in [6.45, 7) is 10.6. The number of aryl methyl sites for hydroxylation is 2. The van der Waals surface area contributed by atoms with E-state index in [-0.39, 0.29) is 17.4 Å². The minimum absolute atomic E-state index is 0.125. The van der Waals surface area contributed by atoms with Gasteiger partial charge in [-0.2, -0.15) is 0 Å². The monoisotopic (exact) mass is 505 g/mol. The first kappa shape index (κ1) is 28.1. The Kier molecular flexibility index (Phi) is 10.0. The van der Waals surface area contributed by atoms with Gasteiger partial charge in [-0.25, -0.2) is 9.59 Å². The summed E-state index contributed by atoms with van der Waals surface area (Å²) in [4.78, 5) is 34.8. The summed E-state index contributed by atoms with van der Waals surface area (Å²) in [5, 5.41) is 3.23. The molecule has 7 heteroatoms. The molecule has 0 aliphatic carbocycles. The smallest absolute Gasteiger partial charge is 0.336 e. The van der Waals surface area contributed by atoms with Crippen molar-refractivity contribution in [1.29, 1.82) is 0 Å². The summed E-state index contributed by atoms with van der Waals surface area (Å²) in [5.41, 5.74) is 4.53. The van der Waals surface area contributed by atoms with Crippen LogP contribution < -0.4 is 5.32 Å². The zero-order chi connectivity index (χ0) is 26.8. The molecular formula is C30H39N3O4. The number of hydrogen-bond acceptors (Lipinski definition) is 7. The predicted octanol–water partition coefficient (Wildman–Crippen LogP) is 5.33. The van der Waals surface area contributed by atoms with Gasteiger partial charge in [-0.15, -0.1) is 0 Å². The molecule has 0 aromatic carbocycles. The lowest BCUT2D eigenvalue weighted by Crippen LogP contribution is -2.35. The van der Waals surface area contributed by atoms with Crippen molar-refractivity contribution in [2.75, 3.05) is 13.2 Å². The van der Waals surface area contributed by atoms with Gasteiger partial charge in [0.25, 0.3) is 0 Å². The minimum Gasteiger partial charge on any atom is -0.462 e. The van der Waals surface area contributed by atoms with Gasteiger partial charge >= 0.3 is 11.9 Å². The molecule has 0 atom stereocenters. The largest absolute Gasteiger partial charge is 0.462 e. The van der Waals surface area contributed by atoms with E-state index >= 15 is 0 Å². The second-order valence-electron chi connectivity index (χ2n) is 10.7. The van der Waals surface area contributed by atoms with Crippen molar-refractivity contribution in [3.8, 4) is 0 Å². The van der Waals surface area contributed by atoms with Gasteiger partial charge in [0.15, 0.2) is 0 Å². The fourth-order valence-electron chi connectivity index (χ4n) is 4.62. The van der Waals surface area contributed by atoms with Crippen molar-refractivity contribution in [2.24, 2.45) is 11.3 Å². The summed E-state index contributed by atoms with van der Waals surface area (Å²) in [5.74, 6) is -1.18. The average Bonchev–Trinajstić information content (AvgIpc) is 2.84. The number of carbonyl (C=O) groups excluding carboxylic acids is 2. The number of allylic oxidation sites excluding steroid dienone is 2. The van der Waals surface area contributed by atoms with E-state index in [2.05, 4.69) is 36.1 Å². The molecule has 1 N–H and O–H groups in total. The number of rotatable bonds is 11. The van der Waals surface area contributed by atoms with Crippen molar-refractivity contribution in [2.45, 2.75) is 66.7 Å². The topological polar surface area (TPSA) is 90.4 Å². The van der Waals surface area contributed by atoms with E-state index in [1.54, 1.807) is 12.4 Å². The number of nitrogens with zero attached hydrogens (tertiary/aromatic N) is 2. The Morgan fingerprint density at radius 2 is 1.30 bits per heavy atom. The molecule has 3 heterocycles. The Hall–Kier alpha value is -3.48. The van der Waals surface area contributed by atoms with Gasteiger partial charge in [-0.05, 0) is 74.6 Å². The highest BCUT2D eigenvalue weighted by Crippen LogP contribution is 2.39. The van der Waals surface area contributed by atoms with E-state index < -0.39 is 5.92 Å². The van der Waals surface area contributed by atoms with Crippen LogP contribution in [-0.2, 0) is 31.9 Å². The summed E-state index contributed by atoms with van der Waals surface area (Å²) < 4.78 is 11.4. The Bertz CT molecular complexity index is 1040. The Morgan fingerprint density at radius 1 is 0.838 bits per heavy atom. The normalized spacial score (nSPS) is 14.4. The van der Waals surface area contributed by atoms with E-state index in [9.17, 15) is 9.59 Å². The second-order valence-corrected chi connectivity index (χ2v) is 10.7. The van der Waals surface area contributed by atoms with Crippen LogP contribution in [0.5, 0.6) is 0 Å². The maximum atomic E-state index is 13.3. The van der Waals surface area contributed by atoms with Crippen LogP contribution in [0.3, 0.4) is 0 Å². The molecule has 3 rings (SSSR count). The second kappa shape index (κ2) is 13.2. The molecule has 1 aliphatic heterocycles. The van der Waals surface area contributed by atoms with Crippen LogP contribution in [0.1, 0.15) is 65.0 Å². The molecule has 0 radical (unpaired) electrons. The van der Waals surface area contributed by atoms with Gasteiger partial charge in [-0.1, -0.05) is 32.9 Å². The number of carbonyl (C=O) groups is 2. The number of esters is 2. The predicted molar refractivity (Wildman–Crippen MR) is 143 cm³/mol. The molecule has 0 saturated heterocycles. The van der Waals surface area contributed by atoms with Gasteiger partial charge in [-0.3, -0.25) is 9.97 Å². The van der Waals surface area contributed by atoms with E-state index in [1.807, 2.05) is 50.5 Å². The molecule has 0 saturated carbocycles. The molecule has 7 nitrogen and oxygen atoms in total. The minimum atomic E-state index is -0.405. The molecule has 37 heavy (non-hydrogen) atoms. The van der Waals surface area contributed by atoms with Crippen LogP contribution >= 0.6 is 0 Å². The number of nitrogens with one attached hydrogen (secondary N) is 1. The van der Waals surface area contributed by atoms with Crippen LogP contribution in [0.25, 0.3) is 0 Å². The van der Waals surface area contributed by atoms with Crippen LogP contribution in [0.15, 0.2) is 71.6 Å². The van der Waals surface area contributed by atoms with Crippen molar-refractivity contribution in [3.63, 3.8) is 0 Å². The highest BCUT2D eigenvalue weighted by Gasteiger charge is 2.38. The van der Waals surface area contributed by atoms with Crippen molar-refractivity contribution >= 4 is 11.9 Å². The first-order valence-electron chi connectivity index (χ1n) is 13.0. The van der Waals surface area contributed by atoms with E-state index in [4.69, 9.17) is 9.47 Å². The third-order valence-electron chi connectivity index (χ3n) is 6.27. The van der Waals surface area contributed by atoms with Crippen LogP contribution in [0.2, 0.25) is 0 Å². The maximum absolute atomic E-state index is 13.3. The van der Waals surface area contributed by atoms with Gasteiger partial charge in [0.2, 0.25) is 0 Å². The number of hydrogen-bond donors (Lipinski definition) is 1. The van der Waals surface area contributed by atoms with Crippen molar-refractivity contribution < 1.29 is 19.1 Å². The van der Waals surface area contributed by atoms with Crippen molar-refractivity contribution in [1.82, 2.24) is 15.3 Å². The third-order valence-corrected chi connectivity index (χ3v) is 6.27. The van der Waals surface area contributed by atoms with Crippen LogP contribution in [-0.4, -0.2) is 35.1 Å². The van der Waals surface area contributed by atoms with Crippen LogP contribution in [0.4, 0.5) is 0 Å². The fourth-order valence-corrected chi connectivity index (χ4v) is 4.62. The number of ether oxygens (including phenoxy) is 2. The maximum Gasteiger partial charge on any atom is 0.336 e. The molecule has 2 aromatic rings. The third kappa shape index (κ3) is 8.55. The Labute approximate surface area is 220 Å². The number of pyridine rings is 2. The molecule has 0 unspecified atom stereocenters. The molecule has 198 valence electrons. The highest BCUT2D eigenvalue weighted by molar-refractivity contribution is 5.97. The van der Waals surface area contributed by atoms with E-state index in [0.717, 1.165) is 35.4 Å². The summed E-state index contributed by atoms with van der Waals surface area (Å²) in [6.07, 6.45) is 10.7. The molecular weight excluding hydrogens is 466 g/mol. The summed E-state index contributed by atoms with van der Waals surface area (Å²) in [7, 11) is 0. The Balaban J connectivity index is 1.66. The quantitative estimate of drug-likeness (QED) is 0.326. The molecule has 0 bridgehead atoms.